The average molecular weight is 1250 g/mol. The standard InChI is InChI=1S/C58H106N16O14/c1-13-32(8)44(53(83)65-35(11)57(87)88)71-54(84)45(36(12)75)72-49(79)39(27-29(2)3)68-47(77)34(10)64-50(80)41-21-17-26-74(41)56(86)40(28-30(4)5)69-52(82)43(31(6)7)70-51(81)42-22-18-25-73(42)55(85)38(19-14-15-23-59)67-48(78)37(66-46(76)33(9)60)20-16-24-63-58(61)62/h29-45,58,63,75H,13-28,59-62H2,1-12H3,(H,64,80)(H,65,83)(H,66,76)(H,67,78)(H,68,77)(H,69,82)(H,70,81)(H,71,84)(H,72,79)(H,87,88)/p+2/t32-,33-,34-,35-,36+,37-,38-,39-,40-,41-,42-,43-,44-,45-/m0/s1. The van der Waals surface area contributed by atoms with E-state index in [0.717, 1.165) is 0 Å². The molecule has 2 rings (SSSR count). The van der Waals surface area contributed by atoms with Gasteiger partial charge in [0.2, 0.25) is 59.1 Å². The van der Waals surface area contributed by atoms with E-state index in [0.29, 0.717) is 51.6 Å². The molecule has 11 amide bonds. The highest BCUT2D eigenvalue weighted by Crippen LogP contribution is 2.24. The molecule has 0 bridgehead atoms. The molecule has 0 saturated carbocycles. The van der Waals surface area contributed by atoms with E-state index in [-0.39, 0.29) is 63.5 Å². The first-order chi connectivity index (χ1) is 41.2. The number of quaternary nitrogens is 2. The highest BCUT2D eigenvalue weighted by atomic mass is 16.4. The summed E-state index contributed by atoms with van der Waals surface area (Å²) in [7, 11) is 0. The number of rotatable bonds is 38. The van der Waals surface area contributed by atoms with Crippen molar-refractivity contribution >= 4 is 70.9 Å². The summed E-state index contributed by atoms with van der Waals surface area (Å²) in [6.07, 6.45) is 1.62. The molecule has 88 heavy (non-hydrogen) atoms. The van der Waals surface area contributed by atoms with Gasteiger partial charge in [-0.15, -0.1) is 0 Å². The van der Waals surface area contributed by atoms with Crippen LogP contribution in [0.2, 0.25) is 0 Å². The molecule has 502 valence electrons. The molecule has 0 aromatic heterocycles. The number of aliphatic carboxylic acids is 1. The second-order valence-electron chi connectivity index (χ2n) is 24.9. The average Bonchev–Trinajstić information content (AvgIpc) is 3.32. The number of nitrogens with zero attached hydrogens (tertiary/aromatic N) is 2. The second kappa shape index (κ2) is 38.1. The minimum Gasteiger partial charge on any atom is -0.480 e. The quantitative estimate of drug-likeness (QED) is 0.0204. The van der Waals surface area contributed by atoms with Gasteiger partial charge in [-0.05, 0) is 129 Å². The lowest BCUT2D eigenvalue weighted by atomic mass is 9.97. The first-order valence-corrected chi connectivity index (χ1v) is 31.3. The fourth-order valence-corrected chi connectivity index (χ4v) is 10.3. The SMILES string of the molecule is CC[C@H](C)[C@H](NC(=O)[C@@H](NC(=O)[C@H](CC(C)C)NC(=O)[C@H](C)NC(=O)[C@@H]1CCCN1C(=O)[C@H](CC(C)C)NC(=O)[C@@H](NC(=O)[C@@H]1CCCN1C(=O)[C@H](CCCC[NH3+])NC(=O)[C@H](CCCNC(N)N)NC(=O)[C@H](C)[NH3+])C(C)C)[C@@H](C)O)C(=O)N[C@@H](C)C(=O)O. The predicted molar refractivity (Wildman–Crippen MR) is 324 cm³/mol. The molecule has 30 nitrogen and oxygen atoms in total. The zero-order valence-electron chi connectivity index (χ0n) is 54.0. The number of aliphatic hydroxyl groups excluding tert-OH is 1. The van der Waals surface area contributed by atoms with Gasteiger partial charge in [0.15, 0.2) is 6.04 Å². The molecule has 0 radical (unpaired) electrons. The van der Waals surface area contributed by atoms with Crippen molar-refractivity contribution in [2.24, 2.45) is 35.1 Å². The number of nitrogens with two attached hydrogens (primary N) is 2. The Morgan fingerprint density at radius 2 is 0.989 bits per heavy atom. The third-order valence-corrected chi connectivity index (χ3v) is 15.7. The normalized spacial score (nSPS) is 19.1. The number of likely N-dealkylation sites (tertiary alicyclic amines) is 2. The van der Waals surface area contributed by atoms with Crippen LogP contribution < -0.4 is 76.1 Å². The van der Waals surface area contributed by atoms with E-state index in [2.05, 4.69) is 64.6 Å². The van der Waals surface area contributed by atoms with Gasteiger partial charge in [0, 0.05) is 13.1 Å². The third kappa shape index (κ3) is 25.1. The summed E-state index contributed by atoms with van der Waals surface area (Å²) < 4.78 is 0. The summed E-state index contributed by atoms with van der Waals surface area (Å²) in [6, 6.07) is -13.9. The highest BCUT2D eigenvalue weighted by Gasteiger charge is 2.43. The van der Waals surface area contributed by atoms with Gasteiger partial charge in [0.1, 0.15) is 72.7 Å². The first kappa shape index (κ1) is 77.5. The molecule has 14 atom stereocenters. The van der Waals surface area contributed by atoms with Crippen LogP contribution in [-0.4, -0.2) is 202 Å². The molecule has 2 fully saturated rings. The smallest absolute Gasteiger partial charge is 0.325 e. The molecular weight excluding hydrogens is 1140 g/mol. The summed E-state index contributed by atoms with van der Waals surface area (Å²) >= 11 is 0. The van der Waals surface area contributed by atoms with Crippen molar-refractivity contribution in [2.45, 2.75) is 245 Å². The van der Waals surface area contributed by atoms with E-state index < -0.39 is 168 Å². The number of carbonyl (C=O) groups excluding carboxylic acids is 11. The first-order valence-electron chi connectivity index (χ1n) is 31.3. The van der Waals surface area contributed by atoms with Gasteiger partial charge in [-0.1, -0.05) is 61.8 Å². The van der Waals surface area contributed by atoms with E-state index >= 15 is 0 Å². The van der Waals surface area contributed by atoms with Gasteiger partial charge < -0.3 is 90.8 Å². The topological polar surface area (TPSA) is 479 Å². The maximum absolute atomic E-state index is 14.6. The van der Waals surface area contributed by atoms with Crippen LogP contribution in [0.1, 0.15) is 160 Å². The number of hydrogen-bond acceptors (Lipinski definition) is 16. The van der Waals surface area contributed by atoms with Crippen molar-refractivity contribution in [3.05, 3.63) is 0 Å². The minimum absolute atomic E-state index is 0.0542. The van der Waals surface area contributed by atoms with Crippen molar-refractivity contribution in [1.29, 1.82) is 0 Å². The number of carboxylic acids is 1. The van der Waals surface area contributed by atoms with Crippen LogP contribution in [0.4, 0.5) is 0 Å². The van der Waals surface area contributed by atoms with Crippen molar-refractivity contribution in [1.82, 2.24) is 63.0 Å². The van der Waals surface area contributed by atoms with Gasteiger partial charge in [0.05, 0.1) is 12.6 Å². The molecule has 2 saturated heterocycles. The minimum atomic E-state index is -1.62. The largest absolute Gasteiger partial charge is 0.480 e. The number of carboxylic acid groups (broad SMARTS) is 1. The van der Waals surface area contributed by atoms with Crippen molar-refractivity contribution in [3.63, 3.8) is 0 Å². The monoisotopic (exact) mass is 1250 g/mol. The summed E-state index contributed by atoms with van der Waals surface area (Å²) in [6.45, 7) is 20.8. The van der Waals surface area contributed by atoms with Crippen molar-refractivity contribution in [2.75, 3.05) is 26.2 Å². The lowest BCUT2D eigenvalue weighted by Crippen LogP contribution is -2.67. The number of carbonyl (C=O) groups is 12. The summed E-state index contributed by atoms with van der Waals surface area (Å²) in [5.41, 5.74) is 18.8. The Morgan fingerprint density at radius 3 is 1.49 bits per heavy atom. The van der Waals surface area contributed by atoms with Crippen LogP contribution in [0.3, 0.4) is 0 Å². The zero-order valence-corrected chi connectivity index (χ0v) is 54.0. The summed E-state index contributed by atoms with van der Waals surface area (Å²) in [5.74, 6) is -10.1. The number of hydrogen-bond donors (Lipinski definition) is 16. The molecule has 22 N–H and O–H groups in total. The molecule has 0 aliphatic carbocycles. The fourth-order valence-electron chi connectivity index (χ4n) is 10.3. The fraction of sp³-hybridized carbons (Fsp3) is 0.793. The molecule has 0 aromatic rings. The van der Waals surface area contributed by atoms with Gasteiger partial charge in [-0.2, -0.15) is 0 Å². The second-order valence-corrected chi connectivity index (χ2v) is 24.9. The molecule has 0 unspecified atom stereocenters. The van der Waals surface area contributed by atoms with Crippen LogP contribution in [0.15, 0.2) is 0 Å². The molecule has 2 aliphatic heterocycles. The lowest BCUT2D eigenvalue weighted by molar-refractivity contribution is -0.398. The third-order valence-electron chi connectivity index (χ3n) is 15.7. The molecular formula is C58H108N16O14+2. The molecule has 2 aliphatic rings. The van der Waals surface area contributed by atoms with Gasteiger partial charge in [-0.3, -0.25) is 62.9 Å². The highest BCUT2D eigenvalue weighted by molar-refractivity contribution is 5.99. The Hall–Kier alpha value is -6.60. The molecule has 30 heteroatoms. The van der Waals surface area contributed by atoms with Crippen molar-refractivity contribution < 1.29 is 79.2 Å². The Kier molecular flexibility index (Phi) is 33.5. The van der Waals surface area contributed by atoms with E-state index in [1.54, 1.807) is 48.5 Å². The van der Waals surface area contributed by atoms with E-state index in [4.69, 9.17) is 11.5 Å². The number of nitrogens with one attached hydrogen (secondary N) is 10. The molecule has 0 spiro atoms. The van der Waals surface area contributed by atoms with E-state index in [1.165, 1.54) is 30.6 Å². The molecule has 0 aromatic carbocycles. The van der Waals surface area contributed by atoms with E-state index in [1.807, 2.05) is 13.8 Å². The summed E-state index contributed by atoms with van der Waals surface area (Å²) in [5, 5.41) is 46.7. The Balaban J connectivity index is 2.28. The van der Waals surface area contributed by atoms with Gasteiger partial charge in [0.25, 0.3) is 5.91 Å². The Labute approximate surface area is 517 Å². The van der Waals surface area contributed by atoms with Gasteiger partial charge in [-0.25, -0.2) is 0 Å². The lowest BCUT2D eigenvalue weighted by Gasteiger charge is -2.33. The number of unbranched alkanes of at least 4 members (excludes halogenated alkanes) is 1. The van der Waals surface area contributed by atoms with E-state index in [9.17, 15) is 67.7 Å². The Bertz CT molecular complexity index is 2360. The maximum atomic E-state index is 14.6. The van der Waals surface area contributed by atoms with Crippen LogP contribution in [0.25, 0.3) is 0 Å². The van der Waals surface area contributed by atoms with Gasteiger partial charge >= 0.3 is 5.97 Å². The number of amides is 11. The molecule has 2 heterocycles. The number of aliphatic hydroxyl groups is 1. The van der Waals surface area contributed by atoms with Crippen LogP contribution in [-0.2, 0) is 57.5 Å². The maximum Gasteiger partial charge on any atom is 0.325 e. The summed E-state index contributed by atoms with van der Waals surface area (Å²) in [4.78, 5) is 167. The van der Waals surface area contributed by atoms with Crippen LogP contribution in [0.5, 0.6) is 0 Å². The Morgan fingerprint density at radius 1 is 0.523 bits per heavy atom. The predicted octanol–water partition coefficient (Wildman–Crippen LogP) is -4.76. The van der Waals surface area contributed by atoms with Crippen molar-refractivity contribution in [3.8, 4) is 0 Å². The van der Waals surface area contributed by atoms with Crippen LogP contribution in [0, 0.1) is 23.7 Å². The zero-order chi connectivity index (χ0) is 66.9. The van der Waals surface area contributed by atoms with Crippen LogP contribution >= 0.6 is 0 Å².